The molecule has 0 bridgehead atoms. The smallest absolute Gasteiger partial charge is 0.255 e. The number of nitrogens with zero attached hydrogens (tertiary/aromatic N) is 3. The maximum absolute atomic E-state index is 13.1. The molecular weight excluding hydrogens is 382 g/mol. The van der Waals surface area contributed by atoms with E-state index in [1.54, 1.807) is 6.20 Å². The first-order valence-corrected chi connectivity index (χ1v) is 11.3. The molecule has 7 nitrogen and oxygen atoms in total. The van der Waals surface area contributed by atoms with E-state index in [4.69, 9.17) is 9.47 Å². The average Bonchev–Trinajstić information content (AvgIpc) is 3.60. The molecule has 7 heteroatoms. The Hall–Kier alpha value is -1.99. The van der Waals surface area contributed by atoms with Crippen molar-refractivity contribution in [2.75, 3.05) is 32.9 Å². The fourth-order valence-electron chi connectivity index (χ4n) is 5.25. The standard InChI is InChI=1S/C23H31N3O4/c1-16-2-5-18(14-24-16)21(27)25-10-6-19(7-11-25)26-22(28)20(30-15-17-3-4-17)23(26)8-12-29-13-9-23/h2,5,14,17,19-20H,3-4,6-13,15H2,1H3. The molecule has 162 valence electrons. The fourth-order valence-corrected chi connectivity index (χ4v) is 5.25. The van der Waals surface area contributed by atoms with Crippen LogP contribution in [0, 0.1) is 12.8 Å². The van der Waals surface area contributed by atoms with Gasteiger partial charge >= 0.3 is 0 Å². The van der Waals surface area contributed by atoms with E-state index in [0.717, 1.165) is 31.4 Å². The third-order valence-electron chi connectivity index (χ3n) is 7.26. The molecule has 1 spiro atoms. The predicted octanol–water partition coefficient (Wildman–Crippen LogP) is 2.18. The summed E-state index contributed by atoms with van der Waals surface area (Å²) in [6, 6.07) is 3.89. The largest absolute Gasteiger partial charge is 0.381 e. The van der Waals surface area contributed by atoms with Gasteiger partial charge in [-0.25, -0.2) is 0 Å². The summed E-state index contributed by atoms with van der Waals surface area (Å²) < 4.78 is 11.7. The molecule has 5 rings (SSSR count). The maximum atomic E-state index is 13.1. The molecule has 1 atom stereocenters. The molecule has 3 aliphatic heterocycles. The molecule has 0 aromatic carbocycles. The Morgan fingerprint density at radius 2 is 1.93 bits per heavy atom. The quantitative estimate of drug-likeness (QED) is 0.692. The molecule has 1 aromatic heterocycles. The number of β-lactam (4-membered cyclic amide) rings is 1. The Kier molecular flexibility index (Phi) is 5.27. The third kappa shape index (κ3) is 3.52. The summed E-state index contributed by atoms with van der Waals surface area (Å²) in [6.07, 6.45) is 7.13. The zero-order valence-electron chi connectivity index (χ0n) is 17.7. The second-order valence-corrected chi connectivity index (χ2v) is 9.29. The normalized spacial score (nSPS) is 26.7. The van der Waals surface area contributed by atoms with Crippen LogP contribution in [0.5, 0.6) is 0 Å². The van der Waals surface area contributed by atoms with Gasteiger partial charge in [0.25, 0.3) is 11.8 Å². The molecule has 30 heavy (non-hydrogen) atoms. The van der Waals surface area contributed by atoms with Crippen molar-refractivity contribution in [3.8, 4) is 0 Å². The van der Waals surface area contributed by atoms with Crippen LogP contribution < -0.4 is 0 Å². The van der Waals surface area contributed by atoms with Gasteiger partial charge in [0, 0.05) is 44.2 Å². The van der Waals surface area contributed by atoms with Crippen molar-refractivity contribution in [1.29, 1.82) is 0 Å². The van der Waals surface area contributed by atoms with E-state index in [1.807, 2.05) is 24.0 Å². The number of pyridine rings is 1. The molecule has 0 radical (unpaired) electrons. The molecule has 3 saturated heterocycles. The van der Waals surface area contributed by atoms with E-state index < -0.39 is 0 Å². The van der Waals surface area contributed by atoms with Gasteiger partial charge in [-0.3, -0.25) is 14.6 Å². The van der Waals surface area contributed by atoms with Crippen molar-refractivity contribution in [3.63, 3.8) is 0 Å². The number of carbonyl (C=O) groups is 2. The van der Waals surface area contributed by atoms with Crippen LogP contribution in [0.4, 0.5) is 0 Å². The number of likely N-dealkylation sites (tertiary alicyclic amines) is 2. The molecule has 1 aliphatic carbocycles. The fraction of sp³-hybridized carbons (Fsp3) is 0.696. The summed E-state index contributed by atoms with van der Waals surface area (Å²) in [6.45, 7) is 5.33. The number of ether oxygens (including phenoxy) is 2. The SMILES string of the molecule is Cc1ccc(C(=O)N2CCC(N3C(=O)C(OCC4CC4)C34CCOCC4)CC2)cn1. The van der Waals surface area contributed by atoms with Gasteiger partial charge in [-0.1, -0.05) is 0 Å². The summed E-state index contributed by atoms with van der Waals surface area (Å²) in [7, 11) is 0. The first-order chi connectivity index (χ1) is 14.6. The lowest BCUT2D eigenvalue weighted by Crippen LogP contribution is -2.79. The first-order valence-electron chi connectivity index (χ1n) is 11.3. The van der Waals surface area contributed by atoms with Crippen molar-refractivity contribution in [1.82, 2.24) is 14.8 Å². The van der Waals surface area contributed by atoms with Crippen molar-refractivity contribution in [3.05, 3.63) is 29.6 Å². The molecule has 1 unspecified atom stereocenters. The van der Waals surface area contributed by atoms with Crippen molar-refractivity contribution in [2.24, 2.45) is 5.92 Å². The first kappa shape index (κ1) is 19.9. The number of hydrogen-bond acceptors (Lipinski definition) is 5. The summed E-state index contributed by atoms with van der Waals surface area (Å²) in [5.74, 6) is 0.821. The Labute approximate surface area is 177 Å². The van der Waals surface area contributed by atoms with E-state index >= 15 is 0 Å². The summed E-state index contributed by atoms with van der Waals surface area (Å²) >= 11 is 0. The molecule has 0 N–H and O–H groups in total. The van der Waals surface area contributed by atoms with Gasteiger partial charge < -0.3 is 19.3 Å². The topological polar surface area (TPSA) is 72.0 Å². The highest BCUT2D eigenvalue weighted by Crippen LogP contribution is 2.46. The van der Waals surface area contributed by atoms with Crippen LogP contribution in [-0.4, -0.2) is 77.2 Å². The summed E-state index contributed by atoms with van der Waals surface area (Å²) in [4.78, 5) is 34.2. The van der Waals surface area contributed by atoms with E-state index in [9.17, 15) is 9.59 Å². The summed E-state index contributed by atoms with van der Waals surface area (Å²) in [5, 5.41) is 0. The Morgan fingerprint density at radius 1 is 1.20 bits per heavy atom. The molecule has 4 heterocycles. The zero-order valence-corrected chi connectivity index (χ0v) is 17.7. The van der Waals surface area contributed by atoms with Crippen LogP contribution in [-0.2, 0) is 14.3 Å². The molecule has 1 saturated carbocycles. The van der Waals surface area contributed by atoms with Gasteiger partial charge in [0.05, 0.1) is 17.7 Å². The van der Waals surface area contributed by atoms with Gasteiger partial charge in [-0.15, -0.1) is 0 Å². The lowest BCUT2D eigenvalue weighted by molar-refractivity contribution is -0.219. The lowest BCUT2D eigenvalue weighted by Gasteiger charge is -2.62. The highest BCUT2D eigenvalue weighted by molar-refractivity contribution is 5.94. The molecule has 1 aromatic rings. The van der Waals surface area contributed by atoms with E-state index in [0.29, 0.717) is 44.4 Å². The molecule has 4 fully saturated rings. The van der Waals surface area contributed by atoms with Gasteiger partial charge in [-0.05, 0) is 63.5 Å². The van der Waals surface area contributed by atoms with E-state index in [1.165, 1.54) is 12.8 Å². The van der Waals surface area contributed by atoms with Crippen molar-refractivity contribution < 1.29 is 19.1 Å². The number of hydrogen-bond donors (Lipinski definition) is 0. The van der Waals surface area contributed by atoms with Gasteiger partial charge in [0.15, 0.2) is 6.10 Å². The zero-order chi connectivity index (χ0) is 20.7. The van der Waals surface area contributed by atoms with Crippen LogP contribution in [0.1, 0.15) is 54.6 Å². The number of piperidine rings is 1. The number of rotatable bonds is 5. The average molecular weight is 414 g/mol. The van der Waals surface area contributed by atoms with Crippen LogP contribution in [0.3, 0.4) is 0 Å². The monoisotopic (exact) mass is 413 g/mol. The number of aryl methyl sites for hydroxylation is 1. The van der Waals surface area contributed by atoms with Gasteiger partial charge in [0.2, 0.25) is 0 Å². The van der Waals surface area contributed by atoms with Crippen molar-refractivity contribution in [2.45, 2.75) is 63.1 Å². The minimum atomic E-state index is -0.305. The van der Waals surface area contributed by atoms with Gasteiger partial charge in [0.1, 0.15) is 0 Å². The Morgan fingerprint density at radius 3 is 2.57 bits per heavy atom. The second-order valence-electron chi connectivity index (χ2n) is 9.29. The Bertz CT molecular complexity index is 793. The van der Waals surface area contributed by atoms with Crippen LogP contribution in [0.15, 0.2) is 18.3 Å². The maximum Gasteiger partial charge on any atom is 0.255 e. The van der Waals surface area contributed by atoms with Crippen LogP contribution >= 0.6 is 0 Å². The Balaban J connectivity index is 1.23. The minimum absolute atomic E-state index is 0.0299. The van der Waals surface area contributed by atoms with E-state index in [2.05, 4.69) is 9.88 Å². The summed E-state index contributed by atoms with van der Waals surface area (Å²) in [5.41, 5.74) is 1.33. The van der Waals surface area contributed by atoms with Gasteiger partial charge in [-0.2, -0.15) is 0 Å². The number of amides is 2. The highest BCUT2D eigenvalue weighted by Gasteiger charge is 2.63. The van der Waals surface area contributed by atoms with Crippen molar-refractivity contribution >= 4 is 11.8 Å². The molecule has 2 amide bonds. The number of aromatic nitrogens is 1. The van der Waals surface area contributed by atoms with Crippen LogP contribution in [0.25, 0.3) is 0 Å². The molecule has 4 aliphatic rings. The second kappa shape index (κ2) is 7.93. The van der Waals surface area contributed by atoms with Crippen LogP contribution in [0.2, 0.25) is 0 Å². The van der Waals surface area contributed by atoms with E-state index in [-0.39, 0.29) is 29.5 Å². The highest BCUT2D eigenvalue weighted by atomic mass is 16.5. The lowest BCUT2D eigenvalue weighted by atomic mass is 9.72. The minimum Gasteiger partial charge on any atom is -0.381 e. The third-order valence-corrected chi connectivity index (χ3v) is 7.26. The number of carbonyl (C=O) groups excluding carboxylic acids is 2. The predicted molar refractivity (Wildman–Crippen MR) is 110 cm³/mol. The molecular formula is C23H31N3O4.